The standard InChI is InChI=1S/C20H24N2O3/c1-21(2)22(20(25)18-6-4-3-5-7-18)15-14-17-10-8-16(9-11-17)12-13-19(23)24/h3-11H,12-15H2,1-2H3,(H,23,24). The zero-order chi connectivity index (χ0) is 18.2. The average Bonchev–Trinajstić information content (AvgIpc) is 2.61. The summed E-state index contributed by atoms with van der Waals surface area (Å²) in [5, 5.41) is 12.2. The van der Waals surface area contributed by atoms with Crippen molar-refractivity contribution in [3.63, 3.8) is 0 Å². The third-order valence-electron chi connectivity index (χ3n) is 4.00. The summed E-state index contributed by atoms with van der Waals surface area (Å²) in [6.45, 7) is 0.579. The highest BCUT2D eigenvalue weighted by atomic mass is 16.4. The topological polar surface area (TPSA) is 60.9 Å². The highest BCUT2D eigenvalue weighted by Crippen LogP contribution is 2.11. The first-order valence-electron chi connectivity index (χ1n) is 8.31. The van der Waals surface area contributed by atoms with Crippen LogP contribution >= 0.6 is 0 Å². The highest BCUT2D eigenvalue weighted by Gasteiger charge is 2.17. The molecule has 2 aromatic carbocycles. The third kappa shape index (κ3) is 5.72. The summed E-state index contributed by atoms with van der Waals surface area (Å²) in [7, 11) is 3.71. The first kappa shape index (κ1) is 18.7. The Bertz CT molecular complexity index is 697. The molecule has 0 spiro atoms. The van der Waals surface area contributed by atoms with E-state index in [4.69, 9.17) is 5.11 Å². The number of hydrogen-bond donors (Lipinski definition) is 1. The summed E-state index contributed by atoms with van der Waals surface area (Å²) >= 11 is 0. The Kier molecular flexibility index (Phi) is 6.71. The van der Waals surface area contributed by atoms with Gasteiger partial charge in [-0.3, -0.25) is 14.6 Å². The maximum Gasteiger partial charge on any atom is 0.303 e. The van der Waals surface area contributed by atoms with E-state index in [1.54, 1.807) is 10.0 Å². The smallest absolute Gasteiger partial charge is 0.303 e. The molecule has 0 saturated carbocycles. The minimum Gasteiger partial charge on any atom is -0.481 e. The SMILES string of the molecule is CN(C)N(CCc1ccc(CCC(=O)O)cc1)C(=O)c1ccccc1. The van der Waals surface area contributed by atoms with E-state index in [9.17, 15) is 9.59 Å². The monoisotopic (exact) mass is 340 g/mol. The van der Waals surface area contributed by atoms with E-state index in [1.165, 1.54) is 0 Å². The molecule has 0 bridgehead atoms. The van der Waals surface area contributed by atoms with Crippen LogP contribution < -0.4 is 0 Å². The van der Waals surface area contributed by atoms with E-state index in [1.807, 2.05) is 68.7 Å². The number of rotatable bonds is 8. The number of nitrogens with zero attached hydrogens (tertiary/aromatic N) is 2. The first-order chi connectivity index (χ1) is 12.0. The lowest BCUT2D eigenvalue weighted by molar-refractivity contribution is -0.136. The first-order valence-corrected chi connectivity index (χ1v) is 8.31. The number of hydrogen-bond acceptors (Lipinski definition) is 3. The summed E-state index contributed by atoms with van der Waals surface area (Å²) in [5.74, 6) is -0.811. The molecule has 0 atom stereocenters. The van der Waals surface area contributed by atoms with Gasteiger partial charge in [-0.1, -0.05) is 42.5 Å². The molecule has 0 aromatic heterocycles. The summed E-state index contributed by atoms with van der Waals surface area (Å²) in [4.78, 5) is 23.3. The van der Waals surface area contributed by atoms with Gasteiger partial charge in [0.1, 0.15) is 0 Å². The Hall–Kier alpha value is -2.66. The predicted octanol–water partition coefficient (Wildman–Crippen LogP) is 2.87. The normalized spacial score (nSPS) is 10.7. The van der Waals surface area contributed by atoms with Gasteiger partial charge in [-0.15, -0.1) is 0 Å². The van der Waals surface area contributed by atoms with Crippen LogP contribution in [0.5, 0.6) is 0 Å². The Morgan fingerprint density at radius 2 is 1.44 bits per heavy atom. The number of aliphatic carboxylic acids is 1. The van der Waals surface area contributed by atoms with Gasteiger partial charge in [-0.2, -0.15) is 0 Å². The third-order valence-corrected chi connectivity index (χ3v) is 4.00. The van der Waals surface area contributed by atoms with Crippen LogP contribution in [0.15, 0.2) is 54.6 Å². The molecule has 2 rings (SSSR count). The maximum atomic E-state index is 12.6. The average molecular weight is 340 g/mol. The Morgan fingerprint density at radius 3 is 1.96 bits per heavy atom. The van der Waals surface area contributed by atoms with Crippen molar-refractivity contribution in [2.45, 2.75) is 19.3 Å². The van der Waals surface area contributed by atoms with Crippen molar-refractivity contribution in [3.05, 3.63) is 71.3 Å². The molecule has 0 radical (unpaired) electrons. The van der Waals surface area contributed by atoms with E-state index in [-0.39, 0.29) is 12.3 Å². The molecule has 0 heterocycles. The molecule has 5 nitrogen and oxygen atoms in total. The number of aryl methyl sites for hydroxylation is 1. The highest BCUT2D eigenvalue weighted by molar-refractivity contribution is 5.93. The van der Waals surface area contributed by atoms with Crippen molar-refractivity contribution in [1.29, 1.82) is 0 Å². The largest absolute Gasteiger partial charge is 0.481 e. The Labute approximate surface area is 148 Å². The number of carbonyl (C=O) groups excluding carboxylic acids is 1. The van der Waals surface area contributed by atoms with Crippen LogP contribution in [0.2, 0.25) is 0 Å². The Morgan fingerprint density at radius 1 is 0.880 bits per heavy atom. The van der Waals surface area contributed by atoms with Gasteiger partial charge in [0.25, 0.3) is 5.91 Å². The van der Waals surface area contributed by atoms with E-state index < -0.39 is 5.97 Å². The molecule has 0 aliphatic heterocycles. The molecule has 0 unspecified atom stereocenters. The van der Waals surface area contributed by atoms with Crippen molar-refractivity contribution >= 4 is 11.9 Å². The number of hydrazine groups is 1. The fourth-order valence-electron chi connectivity index (χ4n) is 2.57. The van der Waals surface area contributed by atoms with Crippen molar-refractivity contribution in [1.82, 2.24) is 10.0 Å². The van der Waals surface area contributed by atoms with Crippen LogP contribution in [-0.2, 0) is 17.6 Å². The molecule has 0 saturated heterocycles. The van der Waals surface area contributed by atoms with Crippen molar-refractivity contribution in [2.75, 3.05) is 20.6 Å². The number of benzene rings is 2. The lowest BCUT2D eigenvalue weighted by Gasteiger charge is -2.29. The van der Waals surface area contributed by atoms with Gasteiger partial charge in [-0.05, 0) is 36.1 Å². The van der Waals surface area contributed by atoms with Crippen LogP contribution in [0, 0.1) is 0 Å². The number of carbonyl (C=O) groups is 2. The molecule has 0 fully saturated rings. The van der Waals surface area contributed by atoms with E-state index in [0.29, 0.717) is 18.5 Å². The molecule has 25 heavy (non-hydrogen) atoms. The van der Waals surface area contributed by atoms with Gasteiger partial charge < -0.3 is 5.11 Å². The summed E-state index contributed by atoms with van der Waals surface area (Å²) < 4.78 is 0. The van der Waals surface area contributed by atoms with Gasteiger partial charge >= 0.3 is 5.97 Å². The zero-order valence-electron chi connectivity index (χ0n) is 14.7. The minimum absolute atomic E-state index is 0.0244. The van der Waals surface area contributed by atoms with Gasteiger partial charge in [0.2, 0.25) is 0 Å². The second kappa shape index (κ2) is 8.99. The fourth-order valence-corrected chi connectivity index (χ4v) is 2.57. The van der Waals surface area contributed by atoms with E-state index >= 15 is 0 Å². The maximum absolute atomic E-state index is 12.6. The molecule has 5 heteroatoms. The molecule has 1 N–H and O–H groups in total. The van der Waals surface area contributed by atoms with Crippen molar-refractivity contribution in [2.24, 2.45) is 0 Å². The van der Waals surface area contributed by atoms with Crippen LogP contribution in [0.4, 0.5) is 0 Å². The fraction of sp³-hybridized carbons (Fsp3) is 0.300. The van der Waals surface area contributed by atoms with Gasteiger partial charge in [0, 0.05) is 32.6 Å². The van der Waals surface area contributed by atoms with Gasteiger partial charge in [0.05, 0.1) is 0 Å². The number of carboxylic acids is 1. The Balaban J connectivity index is 1.97. The lowest BCUT2D eigenvalue weighted by Crippen LogP contribution is -2.43. The molecule has 1 amide bonds. The van der Waals surface area contributed by atoms with Gasteiger partial charge in [-0.25, -0.2) is 5.01 Å². The molecular weight excluding hydrogens is 316 g/mol. The van der Waals surface area contributed by atoms with E-state index in [2.05, 4.69) is 0 Å². The molecule has 0 aliphatic carbocycles. The van der Waals surface area contributed by atoms with Crippen LogP contribution in [0.3, 0.4) is 0 Å². The second-order valence-electron chi connectivity index (χ2n) is 6.10. The minimum atomic E-state index is -0.787. The van der Waals surface area contributed by atoms with Gasteiger partial charge in [0.15, 0.2) is 0 Å². The molecule has 132 valence electrons. The van der Waals surface area contributed by atoms with Crippen molar-refractivity contribution in [3.8, 4) is 0 Å². The zero-order valence-corrected chi connectivity index (χ0v) is 14.7. The molecular formula is C20H24N2O3. The van der Waals surface area contributed by atoms with Crippen LogP contribution in [0.25, 0.3) is 0 Å². The van der Waals surface area contributed by atoms with Crippen molar-refractivity contribution < 1.29 is 14.7 Å². The summed E-state index contributed by atoms with van der Waals surface area (Å²) in [6.07, 6.45) is 1.40. The molecule has 2 aromatic rings. The van der Waals surface area contributed by atoms with Crippen LogP contribution in [-0.4, -0.2) is 47.6 Å². The molecule has 0 aliphatic rings. The summed E-state index contributed by atoms with van der Waals surface area (Å²) in [6, 6.07) is 17.1. The summed E-state index contributed by atoms with van der Waals surface area (Å²) in [5.41, 5.74) is 2.79. The lowest BCUT2D eigenvalue weighted by atomic mass is 10.1. The van der Waals surface area contributed by atoms with Crippen LogP contribution in [0.1, 0.15) is 27.9 Å². The number of amides is 1. The number of carboxylic acid groups (broad SMARTS) is 1. The predicted molar refractivity (Wildman–Crippen MR) is 97.3 cm³/mol. The second-order valence-corrected chi connectivity index (χ2v) is 6.10. The van der Waals surface area contributed by atoms with E-state index in [0.717, 1.165) is 17.5 Å². The quantitative estimate of drug-likeness (QED) is 0.751.